The second-order valence-electron chi connectivity index (χ2n) is 4.30. The van der Waals surface area contributed by atoms with E-state index in [9.17, 15) is 8.42 Å². The van der Waals surface area contributed by atoms with Crippen molar-refractivity contribution >= 4 is 10.0 Å². The maximum absolute atomic E-state index is 12.0. The van der Waals surface area contributed by atoms with Gasteiger partial charge in [-0.1, -0.05) is 12.1 Å². The zero-order valence-electron chi connectivity index (χ0n) is 11.3. The normalized spacial score (nSPS) is 11.7. The molecule has 108 valence electrons. The minimum absolute atomic E-state index is 0.271. The third-order valence-electron chi connectivity index (χ3n) is 2.76. The summed E-state index contributed by atoms with van der Waals surface area (Å²) in [5.74, 6) is 0. The van der Waals surface area contributed by atoms with Crippen LogP contribution in [-0.2, 0) is 21.3 Å². The van der Waals surface area contributed by atoms with Crippen LogP contribution in [0.3, 0.4) is 0 Å². The van der Waals surface area contributed by atoms with E-state index >= 15 is 0 Å². The Morgan fingerprint density at radius 2 is 2.05 bits per heavy atom. The topological polar surface area (TPSA) is 81.4 Å². The maximum atomic E-state index is 12.0. The van der Waals surface area contributed by atoms with Crippen molar-refractivity contribution in [3.8, 4) is 0 Å². The summed E-state index contributed by atoms with van der Waals surface area (Å²) in [4.78, 5) is 0.271. The largest absolute Gasteiger partial charge is 0.385 e. The molecule has 19 heavy (non-hydrogen) atoms. The summed E-state index contributed by atoms with van der Waals surface area (Å²) in [6, 6.07) is 6.69. The van der Waals surface area contributed by atoms with Gasteiger partial charge < -0.3 is 10.5 Å². The first-order valence-corrected chi connectivity index (χ1v) is 7.86. The van der Waals surface area contributed by atoms with E-state index in [2.05, 4.69) is 4.72 Å². The standard InChI is InChI=1S/C13H22N2O3S/c1-18-9-4-2-3-8-15-19(16,17)13-7-5-6-12(10-13)11-14/h5-7,10,15H,2-4,8-9,11,14H2,1H3. The molecule has 0 fully saturated rings. The lowest BCUT2D eigenvalue weighted by Gasteiger charge is -2.07. The van der Waals surface area contributed by atoms with Crippen molar-refractivity contribution in [3.05, 3.63) is 29.8 Å². The first kappa shape index (κ1) is 16.1. The molecule has 0 radical (unpaired) electrons. The number of nitrogens with one attached hydrogen (secondary N) is 1. The molecular formula is C13H22N2O3S. The van der Waals surface area contributed by atoms with Crippen molar-refractivity contribution in [2.45, 2.75) is 30.7 Å². The molecule has 6 heteroatoms. The molecule has 0 saturated heterocycles. The summed E-state index contributed by atoms with van der Waals surface area (Å²) >= 11 is 0. The van der Waals surface area contributed by atoms with E-state index in [-0.39, 0.29) is 4.90 Å². The Kier molecular flexibility index (Phi) is 7.01. The number of sulfonamides is 1. The van der Waals surface area contributed by atoms with Gasteiger partial charge in [-0.2, -0.15) is 0 Å². The highest BCUT2D eigenvalue weighted by atomic mass is 32.2. The van der Waals surface area contributed by atoms with Crippen LogP contribution in [0.5, 0.6) is 0 Å². The molecule has 0 saturated carbocycles. The van der Waals surface area contributed by atoms with Crippen molar-refractivity contribution < 1.29 is 13.2 Å². The molecule has 1 aromatic rings. The van der Waals surface area contributed by atoms with Gasteiger partial charge in [0.25, 0.3) is 0 Å². The van der Waals surface area contributed by atoms with Crippen LogP contribution in [0.25, 0.3) is 0 Å². The van der Waals surface area contributed by atoms with E-state index in [1.54, 1.807) is 25.3 Å². The number of unbranched alkanes of at least 4 members (excludes halogenated alkanes) is 2. The van der Waals surface area contributed by atoms with Crippen molar-refractivity contribution in [2.24, 2.45) is 5.73 Å². The third kappa shape index (κ3) is 5.69. The van der Waals surface area contributed by atoms with Gasteiger partial charge in [0.15, 0.2) is 0 Å². The van der Waals surface area contributed by atoms with E-state index in [1.165, 1.54) is 0 Å². The second-order valence-corrected chi connectivity index (χ2v) is 6.07. The average Bonchev–Trinajstić information content (AvgIpc) is 2.43. The number of methoxy groups -OCH3 is 1. The summed E-state index contributed by atoms with van der Waals surface area (Å²) in [5, 5.41) is 0. The Labute approximate surface area is 115 Å². The smallest absolute Gasteiger partial charge is 0.240 e. The number of hydrogen-bond donors (Lipinski definition) is 2. The predicted molar refractivity (Wildman–Crippen MR) is 75.2 cm³/mol. The van der Waals surface area contributed by atoms with Crippen LogP contribution in [0, 0.1) is 0 Å². The first-order chi connectivity index (χ1) is 9.10. The first-order valence-electron chi connectivity index (χ1n) is 6.38. The van der Waals surface area contributed by atoms with Crippen molar-refractivity contribution in [1.29, 1.82) is 0 Å². The Hall–Kier alpha value is -0.950. The van der Waals surface area contributed by atoms with Gasteiger partial charge in [-0.25, -0.2) is 13.1 Å². The number of ether oxygens (including phenoxy) is 1. The lowest BCUT2D eigenvalue weighted by Crippen LogP contribution is -2.25. The van der Waals surface area contributed by atoms with E-state index in [0.29, 0.717) is 19.7 Å². The minimum Gasteiger partial charge on any atom is -0.385 e. The Balaban J connectivity index is 2.46. The zero-order chi connectivity index (χ0) is 14.1. The number of nitrogens with two attached hydrogens (primary N) is 1. The van der Waals surface area contributed by atoms with Gasteiger partial charge in [-0.15, -0.1) is 0 Å². The van der Waals surface area contributed by atoms with E-state index in [1.807, 2.05) is 6.07 Å². The van der Waals surface area contributed by atoms with Crippen molar-refractivity contribution in [1.82, 2.24) is 4.72 Å². The summed E-state index contributed by atoms with van der Waals surface area (Å²) in [6.45, 7) is 1.49. The summed E-state index contributed by atoms with van der Waals surface area (Å²) < 4.78 is 31.6. The molecule has 1 rings (SSSR count). The monoisotopic (exact) mass is 286 g/mol. The summed E-state index contributed by atoms with van der Waals surface area (Å²) in [7, 11) is -1.76. The van der Waals surface area contributed by atoms with Gasteiger partial charge in [0.2, 0.25) is 10.0 Å². The molecule has 1 aromatic carbocycles. The van der Waals surface area contributed by atoms with Gasteiger partial charge in [-0.05, 0) is 37.0 Å². The Morgan fingerprint density at radius 3 is 2.74 bits per heavy atom. The Morgan fingerprint density at radius 1 is 1.26 bits per heavy atom. The van der Waals surface area contributed by atoms with Crippen LogP contribution in [-0.4, -0.2) is 28.7 Å². The Bertz CT molecular complexity index is 475. The summed E-state index contributed by atoms with van der Waals surface area (Å²) in [6.07, 6.45) is 2.69. The predicted octanol–water partition coefficient (Wildman–Crippen LogP) is 1.24. The molecular weight excluding hydrogens is 264 g/mol. The minimum atomic E-state index is -3.42. The highest BCUT2D eigenvalue weighted by Crippen LogP contribution is 2.11. The van der Waals surface area contributed by atoms with Crippen LogP contribution < -0.4 is 10.5 Å². The fourth-order valence-corrected chi connectivity index (χ4v) is 2.82. The highest BCUT2D eigenvalue weighted by molar-refractivity contribution is 7.89. The van der Waals surface area contributed by atoms with Crippen LogP contribution in [0.1, 0.15) is 24.8 Å². The van der Waals surface area contributed by atoms with Crippen LogP contribution in [0.4, 0.5) is 0 Å². The number of benzene rings is 1. The number of rotatable bonds is 9. The van der Waals surface area contributed by atoms with Crippen LogP contribution in [0.15, 0.2) is 29.2 Å². The van der Waals surface area contributed by atoms with Gasteiger partial charge in [0, 0.05) is 26.8 Å². The molecule has 0 heterocycles. The zero-order valence-corrected chi connectivity index (χ0v) is 12.1. The van der Waals surface area contributed by atoms with Gasteiger partial charge in [-0.3, -0.25) is 0 Å². The van der Waals surface area contributed by atoms with Crippen molar-refractivity contribution in [3.63, 3.8) is 0 Å². The lowest BCUT2D eigenvalue weighted by atomic mass is 10.2. The second kappa shape index (κ2) is 8.27. The van der Waals surface area contributed by atoms with Gasteiger partial charge in [0.05, 0.1) is 4.90 Å². The van der Waals surface area contributed by atoms with Crippen LogP contribution in [0.2, 0.25) is 0 Å². The fraction of sp³-hybridized carbons (Fsp3) is 0.538. The molecule has 3 N–H and O–H groups in total. The van der Waals surface area contributed by atoms with E-state index in [4.69, 9.17) is 10.5 Å². The van der Waals surface area contributed by atoms with Gasteiger partial charge in [0.1, 0.15) is 0 Å². The van der Waals surface area contributed by atoms with Crippen molar-refractivity contribution in [2.75, 3.05) is 20.3 Å². The van der Waals surface area contributed by atoms with Gasteiger partial charge >= 0.3 is 0 Å². The number of hydrogen-bond acceptors (Lipinski definition) is 4. The highest BCUT2D eigenvalue weighted by Gasteiger charge is 2.13. The van der Waals surface area contributed by atoms with E-state index in [0.717, 1.165) is 24.8 Å². The lowest BCUT2D eigenvalue weighted by molar-refractivity contribution is 0.192. The molecule has 0 unspecified atom stereocenters. The maximum Gasteiger partial charge on any atom is 0.240 e. The molecule has 0 bridgehead atoms. The quantitative estimate of drug-likeness (QED) is 0.669. The van der Waals surface area contributed by atoms with E-state index < -0.39 is 10.0 Å². The molecule has 0 amide bonds. The molecule has 0 aliphatic heterocycles. The molecule has 0 atom stereocenters. The molecule has 0 aliphatic carbocycles. The summed E-state index contributed by atoms with van der Waals surface area (Å²) in [5.41, 5.74) is 6.31. The average molecular weight is 286 g/mol. The third-order valence-corrected chi connectivity index (χ3v) is 4.22. The fourth-order valence-electron chi connectivity index (χ4n) is 1.68. The van der Waals surface area contributed by atoms with Crippen LogP contribution >= 0.6 is 0 Å². The molecule has 0 spiro atoms. The molecule has 0 aliphatic rings. The molecule has 0 aromatic heterocycles. The molecule has 5 nitrogen and oxygen atoms in total. The SMILES string of the molecule is COCCCCCNS(=O)(=O)c1cccc(CN)c1.